The molecular weight excluding hydrogens is 294 g/mol. The molecule has 110 valence electrons. The summed E-state index contributed by atoms with van der Waals surface area (Å²) in [5.74, 6) is -0.0262. The van der Waals surface area contributed by atoms with Gasteiger partial charge in [0, 0.05) is 17.9 Å². The molecule has 6 nitrogen and oxygen atoms in total. The van der Waals surface area contributed by atoms with Crippen LogP contribution in [0.15, 0.2) is 46.7 Å². The quantitative estimate of drug-likeness (QED) is 0.591. The van der Waals surface area contributed by atoms with Crippen molar-refractivity contribution in [2.24, 2.45) is 0 Å². The number of carboxylic acid groups (broad SMARTS) is 1. The van der Waals surface area contributed by atoms with Crippen molar-refractivity contribution in [2.75, 3.05) is 0 Å². The summed E-state index contributed by atoms with van der Waals surface area (Å²) >= 11 is 0. The molecule has 7 heteroatoms. The van der Waals surface area contributed by atoms with Crippen LogP contribution in [0.1, 0.15) is 6.42 Å². The normalized spacial score (nSPS) is 12.5. The minimum atomic E-state index is -3.75. The van der Waals surface area contributed by atoms with Crippen molar-refractivity contribution in [3.8, 4) is 12.3 Å². The Kier molecular flexibility index (Phi) is 5.69. The summed E-state index contributed by atoms with van der Waals surface area (Å²) < 4.78 is 23.7. The Bertz CT molecular complexity index is 686. The standard InChI is InChI=1S/C14H13NO5S/c1-2-6-12(14(17)18)15-13(16)9-10-21(19,20)11-7-4-3-5-8-11/h1,3-5,7-10,12H,6H2,(H,15,16)(H,17,18)/b10-9+. The molecule has 0 heterocycles. The highest BCUT2D eigenvalue weighted by molar-refractivity contribution is 7.94. The van der Waals surface area contributed by atoms with E-state index in [1.807, 2.05) is 0 Å². The molecule has 1 atom stereocenters. The lowest BCUT2D eigenvalue weighted by Gasteiger charge is -2.09. The van der Waals surface area contributed by atoms with E-state index in [4.69, 9.17) is 11.5 Å². The average molecular weight is 307 g/mol. The first kappa shape index (κ1) is 16.5. The highest BCUT2D eigenvalue weighted by atomic mass is 32.2. The van der Waals surface area contributed by atoms with Crippen molar-refractivity contribution in [3.05, 3.63) is 41.8 Å². The first-order chi connectivity index (χ1) is 9.86. The van der Waals surface area contributed by atoms with Gasteiger partial charge in [0.1, 0.15) is 6.04 Å². The topological polar surface area (TPSA) is 101 Å². The fourth-order valence-electron chi connectivity index (χ4n) is 1.38. The molecule has 0 radical (unpaired) electrons. The van der Waals surface area contributed by atoms with Crippen molar-refractivity contribution in [1.29, 1.82) is 0 Å². The van der Waals surface area contributed by atoms with Gasteiger partial charge in [0.25, 0.3) is 0 Å². The largest absolute Gasteiger partial charge is 0.480 e. The first-order valence-corrected chi connectivity index (χ1v) is 7.36. The van der Waals surface area contributed by atoms with Gasteiger partial charge in [0.05, 0.1) is 4.90 Å². The van der Waals surface area contributed by atoms with Crippen LogP contribution in [-0.2, 0) is 19.4 Å². The third-order valence-corrected chi connectivity index (χ3v) is 3.83. The second kappa shape index (κ2) is 7.26. The van der Waals surface area contributed by atoms with E-state index in [-0.39, 0.29) is 11.3 Å². The van der Waals surface area contributed by atoms with Crippen molar-refractivity contribution >= 4 is 21.7 Å². The third-order valence-electron chi connectivity index (χ3n) is 2.41. The number of carbonyl (C=O) groups is 2. The van der Waals surface area contributed by atoms with Gasteiger partial charge in [-0.05, 0) is 12.1 Å². The van der Waals surface area contributed by atoms with Gasteiger partial charge in [0.2, 0.25) is 5.91 Å². The molecule has 0 saturated heterocycles. The van der Waals surface area contributed by atoms with Gasteiger partial charge in [-0.1, -0.05) is 18.2 Å². The van der Waals surface area contributed by atoms with Crippen LogP contribution >= 0.6 is 0 Å². The average Bonchev–Trinajstić information content (AvgIpc) is 2.45. The number of hydrogen-bond acceptors (Lipinski definition) is 4. The van der Waals surface area contributed by atoms with Crippen LogP contribution in [0.5, 0.6) is 0 Å². The fourth-order valence-corrected chi connectivity index (χ4v) is 2.37. The van der Waals surface area contributed by atoms with Crippen LogP contribution in [0, 0.1) is 12.3 Å². The van der Waals surface area contributed by atoms with Crippen LogP contribution in [0.25, 0.3) is 0 Å². The lowest BCUT2D eigenvalue weighted by molar-refractivity contribution is -0.141. The van der Waals surface area contributed by atoms with E-state index in [2.05, 4.69) is 11.2 Å². The van der Waals surface area contributed by atoms with Gasteiger partial charge in [0.15, 0.2) is 9.84 Å². The van der Waals surface area contributed by atoms with Gasteiger partial charge >= 0.3 is 5.97 Å². The van der Waals surface area contributed by atoms with Gasteiger partial charge in [-0.25, -0.2) is 13.2 Å². The molecule has 0 saturated carbocycles. The molecule has 1 amide bonds. The smallest absolute Gasteiger partial charge is 0.327 e. The van der Waals surface area contributed by atoms with Crippen LogP contribution in [0.4, 0.5) is 0 Å². The highest BCUT2D eigenvalue weighted by Crippen LogP contribution is 2.10. The number of terminal acetylenes is 1. The van der Waals surface area contributed by atoms with E-state index in [0.717, 1.165) is 6.08 Å². The van der Waals surface area contributed by atoms with Gasteiger partial charge in [-0.3, -0.25) is 4.79 Å². The molecule has 0 aromatic heterocycles. The summed E-state index contributed by atoms with van der Waals surface area (Å²) in [6, 6.07) is 6.27. The maximum absolute atomic E-state index is 11.9. The highest BCUT2D eigenvalue weighted by Gasteiger charge is 2.18. The minimum absolute atomic E-state index is 0.0347. The molecule has 0 aliphatic carbocycles. The number of amides is 1. The Morgan fingerprint density at radius 2 is 1.95 bits per heavy atom. The molecule has 1 unspecified atom stereocenters. The zero-order valence-corrected chi connectivity index (χ0v) is 11.7. The van der Waals surface area contributed by atoms with E-state index in [1.54, 1.807) is 18.2 Å². The van der Waals surface area contributed by atoms with Crippen molar-refractivity contribution in [1.82, 2.24) is 5.32 Å². The summed E-state index contributed by atoms with van der Waals surface area (Å²) in [6.45, 7) is 0. The lowest BCUT2D eigenvalue weighted by atomic mass is 10.2. The third kappa shape index (κ3) is 5.12. The van der Waals surface area contributed by atoms with Crippen molar-refractivity contribution in [2.45, 2.75) is 17.4 Å². The molecule has 0 aliphatic rings. The molecular formula is C14H13NO5S. The van der Waals surface area contributed by atoms with E-state index < -0.39 is 27.8 Å². The maximum Gasteiger partial charge on any atom is 0.327 e. The first-order valence-electron chi connectivity index (χ1n) is 5.82. The summed E-state index contributed by atoms with van der Waals surface area (Å²) in [7, 11) is -3.75. The maximum atomic E-state index is 11.9. The molecule has 2 N–H and O–H groups in total. The van der Waals surface area contributed by atoms with Crippen molar-refractivity contribution in [3.63, 3.8) is 0 Å². The molecule has 1 aromatic carbocycles. The molecule has 0 aliphatic heterocycles. The lowest BCUT2D eigenvalue weighted by Crippen LogP contribution is -2.39. The zero-order valence-electron chi connectivity index (χ0n) is 10.9. The van der Waals surface area contributed by atoms with E-state index in [9.17, 15) is 18.0 Å². The van der Waals surface area contributed by atoms with Crippen molar-refractivity contribution < 1.29 is 23.1 Å². The summed E-state index contributed by atoms with van der Waals surface area (Å²) in [6.07, 6.45) is 5.55. The van der Waals surface area contributed by atoms with E-state index in [1.165, 1.54) is 12.1 Å². The summed E-state index contributed by atoms with van der Waals surface area (Å²) in [4.78, 5) is 22.3. The molecule has 1 rings (SSSR count). The number of benzene rings is 1. The van der Waals surface area contributed by atoms with Crippen LogP contribution in [0.2, 0.25) is 0 Å². The van der Waals surface area contributed by atoms with E-state index >= 15 is 0 Å². The van der Waals surface area contributed by atoms with Gasteiger partial charge in [-0.15, -0.1) is 12.3 Å². The fraction of sp³-hybridized carbons (Fsp3) is 0.143. The second-order valence-electron chi connectivity index (χ2n) is 3.97. The minimum Gasteiger partial charge on any atom is -0.480 e. The van der Waals surface area contributed by atoms with Gasteiger partial charge < -0.3 is 10.4 Å². The Balaban J connectivity index is 2.79. The number of hydrogen-bond donors (Lipinski definition) is 2. The molecule has 0 fully saturated rings. The Morgan fingerprint density at radius 3 is 2.48 bits per heavy atom. The second-order valence-corrected chi connectivity index (χ2v) is 5.80. The van der Waals surface area contributed by atoms with Crippen LogP contribution in [-0.4, -0.2) is 31.4 Å². The van der Waals surface area contributed by atoms with Crippen LogP contribution in [0.3, 0.4) is 0 Å². The Labute approximate surface area is 122 Å². The predicted molar refractivity (Wildman–Crippen MR) is 75.8 cm³/mol. The molecule has 1 aromatic rings. The Morgan fingerprint density at radius 1 is 1.33 bits per heavy atom. The predicted octanol–water partition coefficient (Wildman–Crippen LogP) is 0.567. The van der Waals surface area contributed by atoms with Crippen LogP contribution < -0.4 is 5.32 Å². The van der Waals surface area contributed by atoms with Gasteiger partial charge in [-0.2, -0.15) is 0 Å². The zero-order chi connectivity index (χ0) is 15.9. The number of aliphatic carboxylic acids is 1. The number of carboxylic acids is 1. The summed E-state index contributed by atoms with van der Waals surface area (Å²) in [5.41, 5.74) is 0. The Hall–Kier alpha value is -2.59. The number of sulfone groups is 1. The number of nitrogens with one attached hydrogen (secondary N) is 1. The van der Waals surface area contributed by atoms with E-state index in [0.29, 0.717) is 5.41 Å². The number of rotatable bonds is 6. The number of carbonyl (C=O) groups excluding carboxylic acids is 1. The molecule has 21 heavy (non-hydrogen) atoms. The summed E-state index contributed by atoms with van der Waals surface area (Å²) in [5, 5.41) is 11.6. The monoisotopic (exact) mass is 307 g/mol. The SMILES string of the molecule is C#CCC(NC(=O)/C=C/S(=O)(=O)c1ccccc1)C(=O)O. The molecule has 0 spiro atoms. The molecule has 0 bridgehead atoms.